The number of amides is 1. The van der Waals surface area contributed by atoms with Crippen molar-refractivity contribution >= 4 is 18.1 Å². The summed E-state index contributed by atoms with van der Waals surface area (Å²) in [7, 11) is 0. The van der Waals surface area contributed by atoms with Crippen LogP contribution in [-0.2, 0) is 6.54 Å². The van der Waals surface area contributed by atoms with E-state index >= 15 is 0 Å². The summed E-state index contributed by atoms with van der Waals surface area (Å²) in [6, 6.07) is 9.34. The Kier molecular flexibility index (Phi) is 4.99. The molecule has 0 radical (unpaired) electrons. The number of benzene rings is 1. The average molecular weight is 310 g/mol. The van der Waals surface area contributed by atoms with Crippen LogP contribution in [-0.4, -0.2) is 17.5 Å². The van der Waals surface area contributed by atoms with Gasteiger partial charge in [-0.2, -0.15) is 8.78 Å². The minimum atomic E-state index is -2.85. The summed E-state index contributed by atoms with van der Waals surface area (Å²) in [4.78, 5) is 14.7. The van der Waals surface area contributed by atoms with Crippen LogP contribution in [0.5, 0.6) is 5.75 Å². The second-order valence-corrected chi connectivity index (χ2v) is 4.53. The zero-order valence-corrected chi connectivity index (χ0v) is 11.6. The molecule has 1 aromatic carbocycles. The molecule has 0 spiro atoms. The van der Waals surface area contributed by atoms with E-state index in [1.807, 2.05) is 0 Å². The number of aromatic nitrogens is 1. The van der Waals surface area contributed by atoms with Crippen molar-refractivity contribution in [3.05, 3.63) is 58.4 Å². The van der Waals surface area contributed by atoms with E-state index in [1.165, 1.54) is 12.1 Å². The van der Waals surface area contributed by atoms with E-state index in [4.69, 9.17) is 12.2 Å². The summed E-state index contributed by atoms with van der Waals surface area (Å²) in [5.41, 5.74) is 1.14. The minimum Gasteiger partial charge on any atom is -0.435 e. The second kappa shape index (κ2) is 6.94. The third-order valence-corrected chi connectivity index (χ3v) is 3.00. The van der Waals surface area contributed by atoms with Crippen molar-refractivity contribution in [2.24, 2.45) is 0 Å². The van der Waals surface area contributed by atoms with Gasteiger partial charge in [-0.25, -0.2) is 0 Å². The number of pyridine rings is 1. The lowest BCUT2D eigenvalue weighted by Crippen LogP contribution is -2.23. The fourth-order valence-electron chi connectivity index (χ4n) is 1.67. The van der Waals surface area contributed by atoms with Gasteiger partial charge in [0, 0.05) is 12.7 Å². The SMILES string of the molecule is O=C(NCc1ccc(OC(F)F)cc1)c1ccc[nH]c1=S. The van der Waals surface area contributed by atoms with Gasteiger partial charge in [0.05, 0.1) is 5.56 Å². The maximum Gasteiger partial charge on any atom is 0.387 e. The van der Waals surface area contributed by atoms with E-state index in [0.29, 0.717) is 10.2 Å². The number of nitrogens with one attached hydrogen (secondary N) is 2. The standard InChI is InChI=1S/C14H12F2N2O2S/c15-14(16)20-10-5-3-9(4-6-10)8-18-12(19)11-2-1-7-17-13(11)21/h1-7,14H,8H2,(H,17,21)(H,18,19). The number of halogens is 2. The summed E-state index contributed by atoms with van der Waals surface area (Å²) in [6.45, 7) is -2.59. The van der Waals surface area contributed by atoms with Crippen LogP contribution in [0.25, 0.3) is 0 Å². The first-order valence-corrected chi connectivity index (χ1v) is 6.47. The molecule has 0 atom stereocenters. The molecule has 1 amide bonds. The molecular weight excluding hydrogens is 298 g/mol. The molecule has 110 valence electrons. The molecule has 0 bridgehead atoms. The van der Waals surface area contributed by atoms with E-state index in [2.05, 4.69) is 15.0 Å². The van der Waals surface area contributed by atoms with Gasteiger partial charge >= 0.3 is 6.61 Å². The monoisotopic (exact) mass is 310 g/mol. The van der Waals surface area contributed by atoms with E-state index < -0.39 is 6.61 Å². The molecule has 2 aromatic rings. The molecule has 1 aromatic heterocycles. The van der Waals surface area contributed by atoms with Crippen molar-refractivity contribution in [1.82, 2.24) is 10.3 Å². The Morgan fingerprint density at radius 1 is 1.29 bits per heavy atom. The Balaban J connectivity index is 1.95. The van der Waals surface area contributed by atoms with Crippen LogP contribution >= 0.6 is 12.2 Å². The summed E-state index contributed by atoms with van der Waals surface area (Å²) in [5, 5.41) is 2.70. The predicted molar refractivity (Wildman–Crippen MR) is 75.9 cm³/mol. The number of carbonyl (C=O) groups is 1. The molecule has 0 aliphatic carbocycles. The molecule has 0 unspecified atom stereocenters. The normalized spacial score (nSPS) is 10.4. The molecule has 2 N–H and O–H groups in total. The number of rotatable bonds is 5. The van der Waals surface area contributed by atoms with Crippen LogP contribution < -0.4 is 10.1 Å². The molecule has 21 heavy (non-hydrogen) atoms. The highest BCUT2D eigenvalue weighted by Gasteiger charge is 2.07. The van der Waals surface area contributed by atoms with Gasteiger partial charge < -0.3 is 15.0 Å². The molecule has 7 heteroatoms. The lowest BCUT2D eigenvalue weighted by atomic mass is 10.2. The maximum absolute atomic E-state index is 12.0. The first-order valence-electron chi connectivity index (χ1n) is 6.06. The Morgan fingerprint density at radius 2 is 2.00 bits per heavy atom. The third kappa shape index (κ3) is 4.35. The number of alkyl halides is 2. The largest absolute Gasteiger partial charge is 0.435 e. The smallest absolute Gasteiger partial charge is 0.387 e. The first-order chi connectivity index (χ1) is 10.1. The van der Waals surface area contributed by atoms with Crippen molar-refractivity contribution < 1.29 is 18.3 Å². The number of carbonyl (C=O) groups excluding carboxylic acids is 1. The molecule has 0 saturated heterocycles. The van der Waals surface area contributed by atoms with Crippen LogP contribution in [0.3, 0.4) is 0 Å². The van der Waals surface area contributed by atoms with Crippen molar-refractivity contribution in [1.29, 1.82) is 0 Å². The van der Waals surface area contributed by atoms with Crippen LogP contribution in [0.2, 0.25) is 0 Å². The lowest BCUT2D eigenvalue weighted by molar-refractivity contribution is -0.0498. The Morgan fingerprint density at radius 3 is 2.62 bits per heavy atom. The number of aromatic amines is 1. The Hall–Kier alpha value is -2.28. The second-order valence-electron chi connectivity index (χ2n) is 4.12. The fraction of sp³-hybridized carbons (Fsp3) is 0.143. The molecule has 4 nitrogen and oxygen atoms in total. The summed E-state index contributed by atoms with van der Waals surface area (Å²) in [6.07, 6.45) is 1.64. The quantitative estimate of drug-likeness (QED) is 0.833. The van der Waals surface area contributed by atoms with Crippen molar-refractivity contribution in [2.45, 2.75) is 13.2 Å². The van der Waals surface area contributed by atoms with Crippen LogP contribution in [0.4, 0.5) is 8.78 Å². The van der Waals surface area contributed by atoms with Gasteiger partial charge in [-0.15, -0.1) is 0 Å². The molecule has 1 heterocycles. The molecule has 0 fully saturated rings. The topological polar surface area (TPSA) is 54.1 Å². The van der Waals surface area contributed by atoms with Gasteiger partial charge in [0.15, 0.2) is 0 Å². The molecule has 0 aliphatic heterocycles. The zero-order valence-electron chi connectivity index (χ0n) is 10.8. The minimum absolute atomic E-state index is 0.0746. The van der Waals surface area contributed by atoms with Crippen molar-refractivity contribution in [2.75, 3.05) is 0 Å². The van der Waals surface area contributed by atoms with Crippen LogP contribution in [0, 0.1) is 4.64 Å². The van der Waals surface area contributed by atoms with Gasteiger partial charge in [-0.05, 0) is 29.8 Å². The molecule has 2 rings (SSSR count). The highest BCUT2D eigenvalue weighted by Crippen LogP contribution is 2.14. The van der Waals surface area contributed by atoms with Crippen LogP contribution in [0.1, 0.15) is 15.9 Å². The number of ether oxygens (including phenoxy) is 1. The summed E-state index contributed by atoms with van der Waals surface area (Å²) >= 11 is 5.01. The Labute approximate surface area is 124 Å². The number of hydrogen-bond acceptors (Lipinski definition) is 3. The summed E-state index contributed by atoms with van der Waals surface area (Å²) in [5.74, 6) is -0.227. The van der Waals surface area contributed by atoms with E-state index in [9.17, 15) is 13.6 Å². The lowest BCUT2D eigenvalue weighted by Gasteiger charge is -2.07. The maximum atomic E-state index is 12.0. The summed E-state index contributed by atoms with van der Waals surface area (Å²) < 4.78 is 28.6. The fourth-order valence-corrected chi connectivity index (χ4v) is 1.90. The zero-order chi connectivity index (χ0) is 15.2. The highest BCUT2D eigenvalue weighted by molar-refractivity contribution is 7.71. The van der Waals surface area contributed by atoms with Crippen molar-refractivity contribution in [3.63, 3.8) is 0 Å². The molecule has 0 saturated carbocycles. The van der Waals surface area contributed by atoms with E-state index in [0.717, 1.165) is 5.56 Å². The third-order valence-electron chi connectivity index (χ3n) is 2.66. The number of H-pyrrole nitrogens is 1. The van der Waals surface area contributed by atoms with Gasteiger partial charge in [0.2, 0.25) is 0 Å². The van der Waals surface area contributed by atoms with E-state index in [-0.39, 0.29) is 18.2 Å². The first kappa shape index (κ1) is 15.1. The Bertz CT molecular complexity index is 671. The highest BCUT2D eigenvalue weighted by atomic mass is 32.1. The molecular formula is C14H12F2N2O2S. The van der Waals surface area contributed by atoms with Crippen LogP contribution in [0.15, 0.2) is 42.6 Å². The average Bonchev–Trinajstić information content (AvgIpc) is 2.46. The van der Waals surface area contributed by atoms with Gasteiger partial charge in [-0.3, -0.25) is 4.79 Å². The van der Waals surface area contributed by atoms with Gasteiger partial charge in [0.1, 0.15) is 10.4 Å². The van der Waals surface area contributed by atoms with Crippen molar-refractivity contribution in [3.8, 4) is 5.75 Å². The van der Waals surface area contributed by atoms with Gasteiger partial charge in [0.25, 0.3) is 5.91 Å². The van der Waals surface area contributed by atoms with E-state index in [1.54, 1.807) is 30.5 Å². The number of hydrogen-bond donors (Lipinski definition) is 2. The molecule has 0 aliphatic rings. The predicted octanol–water partition coefficient (Wildman–Crippen LogP) is 3.28. The van der Waals surface area contributed by atoms with Gasteiger partial charge in [-0.1, -0.05) is 24.4 Å².